The van der Waals surface area contributed by atoms with E-state index in [1.807, 2.05) is 0 Å². The van der Waals surface area contributed by atoms with Gasteiger partial charge in [0, 0.05) is 5.56 Å². The minimum atomic E-state index is -4.55. The van der Waals surface area contributed by atoms with Crippen LogP contribution in [0.25, 0.3) is 0 Å². The van der Waals surface area contributed by atoms with Gasteiger partial charge in [-0.3, -0.25) is 0 Å². The number of hydrogen-bond acceptors (Lipinski definition) is 3. The average Bonchev–Trinajstić information content (AvgIpc) is 2.31. The Morgan fingerprint density at radius 3 is 2.55 bits per heavy atom. The molecule has 0 bridgehead atoms. The molecule has 0 saturated carbocycles. The molecule has 6 heteroatoms. The molecule has 1 aromatic rings. The largest absolute Gasteiger partial charge is 0.437 e. The summed E-state index contributed by atoms with van der Waals surface area (Å²) >= 11 is 0. The summed E-state index contributed by atoms with van der Waals surface area (Å²) in [6.07, 6.45) is -3.78. The van der Waals surface area contributed by atoms with E-state index in [9.17, 15) is 13.2 Å². The predicted octanol–water partition coefficient (Wildman–Crippen LogP) is 1.19. The molecule has 0 amide bonds. The number of alkyl halides is 3. The number of aliphatic hydroxyl groups excluding tert-OH is 1. The van der Waals surface area contributed by atoms with Crippen LogP contribution in [0.15, 0.2) is 10.8 Å². The third-order valence-corrected chi connectivity index (χ3v) is 1.08. The van der Waals surface area contributed by atoms with Crippen molar-refractivity contribution in [3.8, 4) is 0 Å². The number of hydrogen-bond donors (Lipinski definition) is 1. The van der Waals surface area contributed by atoms with Gasteiger partial charge in [0.2, 0.25) is 0 Å². The van der Waals surface area contributed by atoms with Crippen LogP contribution in [0.2, 0.25) is 0 Å². The van der Waals surface area contributed by atoms with E-state index in [4.69, 9.17) is 5.11 Å². The van der Waals surface area contributed by atoms with Gasteiger partial charge in [-0.25, -0.2) is 0 Å². The maximum atomic E-state index is 11.8. The van der Waals surface area contributed by atoms with E-state index in [1.54, 1.807) is 0 Å². The maximum Gasteiger partial charge on any atom is 0.437 e. The van der Waals surface area contributed by atoms with Gasteiger partial charge in [0.15, 0.2) is 5.69 Å². The van der Waals surface area contributed by atoms with Gasteiger partial charge in [0.1, 0.15) is 6.26 Å². The standard InChI is InChI=1S/C5H4F3NO2/c6-5(7,8)4-3(1-10)2-11-9-4/h2,10H,1H2. The third kappa shape index (κ3) is 1.51. The molecule has 1 N–H and O–H groups in total. The van der Waals surface area contributed by atoms with Crippen molar-refractivity contribution in [2.24, 2.45) is 0 Å². The summed E-state index contributed by atoms with van der Waals surface area (Å²) in [5, 5.41) is 11.1. The fourth-order valence-electron chi connectivity index (χ4n) is 0.603. The highest BCUT2D eigenvalue weighted by Crippen LogP contribution is 2.30. The molecule has 0 fully saturated rings. The minimum Gasteiger partial charge on any atom is -0.391 e. The van der Waals surface area contributed by atoms with Crippen molar-refractivity contribution in [1.29, 1.82) is 0 Å². The zero-order valence-electron chi connectivity index (χ0n) is 5.22. The van der Waals surface area contributed by atoms with Gasteiger partial charge in [-0.05, 0) is 0 Å². The SMILES string of the molecule is OCc1conc1C(F)(F)F. The van der Waals surface area contributed by atoms with Crippen LogP contribution < -0.4 is 0 Å². The molecule has 0 saturated heterocycles. The van der Waals surface area contributed by atoms with Crippen molar-refractivity contribution in [3.63, 3.8) is 0 Å². The first-order valence-electron chi connectivity index (χ1n) is 2.67. The summed E-state index contributed by atoms with van der Waals surface area (Å²) in [6, 6.07) is 0. The van der Waals surface area contributed by atoms with Crippen LogP contribution in [0.3, 0.4) is 0 Å². The lowest BCUT2D eigenvalue weighted by molar-refractivity contribution is -0.143. The van der Waals surface area contributed by atoms with Gasteiger partial charge in [-0.15, -0.1) is 0 Å². The van der Waals surface area contributed by atoms with Gasteiger partial charge in [0.05, 0.1) is 6.61 Å². The van der Waals surface area contributed by atoms with E-state index in [0.29, 0.717) is 0 Å². The van der Waals surface area contributed by atoms with E-state index in [1.165, 1.54) is 0 Å². The Morgan fingerprint density at radius 2 is 2.18 bits per heavy atom. The summed E-state index contributed by atoms with van der Waals surface area (Å²) in [4.78, 5) is 0. The highest BCUT2D eigenvalue weighted by atomic mass is 19.4. The van der Waals surface area contributed by atoms with Crippen LogP contribution in [0.5, 0.6) is 0 Å². The van der Waals surface area contributed by atoms with Crippen molar-refractivity contribution in [2.75, 3.05) is 0 Å². The first-order valence-corrected chi connectivity index (χ1v) is 2.67. The van der Waals surface area contributed by atoms with Crippen molar-refractivity contribution in [1.82, 2.24) is 5.16 Å². The Labute approximate surface area is 59.4 Å². The molecule has 1 rings (SSSR count). The van der Waals surface area contributed by atoms with Crippen molar-refractivity contribution < 1.29 is 22.8 Å². The van der Waals surface area contributed by atoms with Crippen LogP contribution in [-0.4, -0.2) is 10.3 Å². The van der Waals surface area contributed by atoms with Crippen molar-refractivity contribution >= 4 is 0 Å². The highest BCUT2D eigenvalue weighted by Gasteiger charge is 2.37. The van der Waals surface area contributed by atoms with Crippen LogP contribution in [0.4, 0.5) is 13.2 Å². The summed E-state index contributed by atoms with van der Waals surface area (Å²) in [5.41, 5.74) is -1.52. The van der Waals surface area contributed by atoms with Crippen LogP contribution in [0, 0.1) is 0 Å². The summed E-state index contributed by atoms with van der Waals surface area (Å²) in [6.45, 7) is -0.724. The molecule has 1 aromatic heterocycles. The molecule has 0 unspecified atom stereocenters. The number of aliphatic hydroxyl groups is 1. The van der Waals surface area contributed by atoms with E-state index >= 15 is 0 Å². The topological polar surface area (TPSA) is 46.3 Å². The zero-order valence-corrected chi connectivity index (χ0v) is 5.22. The Bertz CT molecular complexity index is 242. The fourth-order valence-corrected chi connectivity index (χ4v) is 0.603. The Hall–Kier alpha value is -1.04. The summed E-state index contributed by atoms with van der Waals surface area (Å²) in [7, 11) is 0. The molecular formula is C5H4F3NO2. The molecule has 0 spiro atoms. The van der Waals surface area contributed by atoms with Crippen molar-refractivity contribution in [3.05, 3.63) is 17.5 Å². The minimum absolute atomic E-state index is 0.350. The van der Waals surface area contributed by atoms with Gasteiger partial charge in [0.25, 0.3) is 0 Å². The predicted molar refractivity (Wildman–Crippen MR) is 27.4 cm³/mol. The van der Waals surface area contributed by atoms with Crippen molar-refractivity contribution in [2.45, 2.75) is 12.8 Å². The number of rotatable bonds is 1. The first kappa shape index (κ1) is 8.06. The maximum absolute atomic E-state index is 11.8. The highest BCUT2D eigenvalue weighted by molar-refractivity contribution is 5.16. The molecular weight excluding hydrogens is 163 g/mol. The van der Waals surface area contributed by atoms with E-state index in [-0.39, 0.29) is 5.56 Å². The zero-order chi connectivity index (χ0) is 8.48. The molecule has 0 aliphatic carbocycles. The monoisotopic (exact) mass is 167 g/mol. The van der Waals surface area contributed by atoms with Crippen LogP contribution in [0.1, 0.15) is 11.3 Å². The number of aromatic nitrogens is 1. The Balaban J connectivity index is 3.02. The van der Waals surface area contributed by atoms with Gasteiger partial charge in [-0.2, -0.15) is 13.2 Å². The van der Waals surface area contributed by atoms with E-state index in [0.717, 1.165) is 6.26 Å². The molecule has 11 heavy (non-hydrogen) atoms. The fraction of sp³-hybridized carbons (Fsp3) is 0.400. The van der Waals surface area contributed by atoms with E-state index < -0.39 is 18.5 Å². The third-order valence-electron chi connectivity index (χ3n) is 1.08. The molecule has 0 aliphatic rings. The van der Waals surface area contributed by atoms with Gasteiger partial charge >= 0.3 is 6.18 Å². The van der Waals surface area contributed by atoms with Crippen LogP contribution in [-0.2, 0) is 12.8 Å². The van der Waals surface area contributed by atoms with Gasteiger partial charge < -0.3 is 9.63 Å². The van der Waals surface area contributed by atoms with Crippen LogP contribution >= 0.6 is 0 Å². The molecule has 3 nitrogen and oxygen atoms in total. The number of halogens is 3. The normalized spacial score (nSPS) is 12.0. The average molecular weight is 167 g/mol. The molecule has 0 aromatic carbocycles. The van der Waals surface area contributed by atoms with Gasteiger partial charge in [-0.1, -0.05) is 5.16 Å². The Morgan fingerprint density at radius 1 is 1.55 bits per heavy atom. The summed E-state index contributed by atoms with van der Waals surface area (Å²) < 4.78 is 39.5. The second-order valence-electron chi connectivity index (χ2n) is 1.84. The number of nitrogens with zero attached hydrogens (tertiary/aromatic N) is 1. The molecule has 62 valence electrons. The quantitative estimate of drug-likeness (QED) is 0.683. The molecule has 1 heterocycles. The van der Waals surface area contributed by atoms with E-state index in [2.05, 4.69) is 9.68 Å². The molecule has 0 radical (unpaired) electrons. The second kappa shape index (κ2) is 2.54. The second-order valence-corrected chi connectivity index (χ2v) is 1.84. The lowest BCUT2D eigenvalue weighted by Gasteiger charge is -2.01. The molecule has 0 atom stereocenters. The Kier molecular flexibility index (Phi) is 1.86. The summed E-state index contributed by atoms with van der Waals surface area (Å²) in [5.74, 6) is 0. The lowest BCUT2D eigenvalue weighted by Crippen LogP contribution is -2.08. The molecule has 0 aliphatic heterocycles. The smallest absolute Gasteiger partial charge is 0.391 e. The lowest BCUT2D eigenvalue weighted by atomic mass is 10.2. The first-order chi connectivity index (χ1) is 5.05.